The zero-order valence-corrected chi connectivity index (χ0v) is 12.9. The number of halogens is 1. The van der Waals surface area contributed by atoms with E-state index in [9.17, 15) is 4.79 Å². The first-order valence-corrected chi connectivity index (χ1v) is 7.54. The molecule has 0 bridgehead atoms. The predicted molar refractivity (Wildman–Crippen MR) is 80.3 cm³/mol. The SMILES string of the molecule is Cl.O=C(CC1COCCN1)NCCOC1CCCCC1. The first-order valence-electron chi connectivity index (χ1n) is 7.54. The van der Waals surface area contributed by atoms with Crippen molar-refractivity contribution in [2.24, 2.45) is 0 Å². The Morgan fingerprint density at radius 1 is 1.30 bits per heavy atom. The smallest absolute Gasteiger partial charge is 0.221 e. The van der Waals surface area contributed by atoms with Crippen LogP contribution in [0.2, 0.25) is 0 Å². The molecule has 0 aromatic heterocycles. The lowest BCUT2D eigenvalue weighted by Gasteiger charge is -2.24. The van der Waals surface area contributed by atoms with E-state index in [1.54, 1.807) is 0 Å². The Balaban J connectivity index is 0.00000200. The minimum Gasteiger partial charge on any atom is -0.378 e. The second-order valence-corrected chi connectivity index (χ2v) is 5.41. The molecule has 1 aliphatic heterocycles. The number of carbonyl (C=O) groups is 1. The number of carbonyl (C=O) groups excluding carboxylic acids is 1. The molecular weight excluding hydrogens is 280 g/mol. The summed E-state index contributed by atoms with van der Waals surface area (Å²) < 4.78 is 11.1. The highest BCUT2D eigenvalue weighted by Gasteiger charge is 2.17. The standard InChI is InChI=1S/C14H26N2O3.ClH/c17-14(10-12-11-18-8-6-15-12)16-7-9-19-13-4-2-1-3-5-13;/h12-13,15H,1-11H2,(H,16,17);1H. The molecule has 1 unspecified atom stereocenters. The lowest BCUT2D eigenvalue weighted by molar-refractivity contribution is -0.122. The summed E-state index contributed by atoms with van der Waals surface area (Å²) in [5, 5.41) is 6.19. The first kappa shape index (κ1) is 17.7. The van der Waals surface area contributed by atoms with E-state index in [1.807, 2.05) is 0 Å². The summed E-state index contributed by atoms with van der Waals surface area (Å²) >= 11 is 0. The van der Waals surface area contributed by atoms with Gasteiger partial charge in [-0.3, -0.25) is 4.79 Å². The number of morpholine rings is 1. The maximum atomic E-state index is 11.7. The van der Waals surface area contributed by atoms with Crippen LogP contribution >= 0.6 is 12.4 Å². The molecule has 2 N–H and O–H groups in total. The number of hydrogen-bond acceptors (Lipinski definition) is 4. The largest absolute Gasteiger partial charge is 0.378 e. The molecule has 0 spiro atoms. The van der Waals surface area contributed by atoms with Crippen LogP contribution in [-0.4, -0.2) is 51.0 Å². The minimum atomic E-state index is 0. The molecule has 1 saturated heterocycles. The van der Waals surface area contributed by atoms with Crippen LogP contribution in [0.1, 0.15) is 38.5 Å². The van der Waals surface area contributed by atoms with E-state index in [2.05, 4.69) is 10.6 Å². The fraction of sp³-hybridized carbons (Fsp3) is 0.929. The molecule has 2 aliphatic rings. The van der Waals surface area contributed by atoms with Crippen LogP contribution in [-0.2, 0) is 14.3 Å². The second-order valence-electron chi connectivity index (χ2n) is 5.41. The van der Waals surface area contributed by atoms with Crippen LogP contribution in [0.5, 0.6) is 0 Å². The summed E-state index contributed by atoms with van der Waals surface area (Å²) in [6.45, 7) is 3.45. The summed E-state index contributed by atoms with van der Waals surface area (Å²) in [5.41, 5.74) is 0. The van der Waals surface area contributed by atoms with Gasteiger partial charge < -0.3 is 20.1 Å². The number of rotatable bonds is 6. The van der Waals surface area contributed by atoms with E-state index in [0.717, 1.165) is 13.2 Å². The van der Waals surface area contributed by atoms with Crippen molar-refractivity contribution in [3.05, 3.63) is 0 Å². The number of ether oxygens (including phenoxy) is 2. The molecule has 1 aliphatic carbocycles. The molecule has 20 heavy (non-hydrogen) atoms. The summed E-state index contributed by atoms with van der Waals surface area (Å²) in [6.07, 6.45) is 7.17. The van der Waals surface area contributed by atoms with Gasteiger partial charge in [-0.05, 0) is 12.8 Å². The van der Waals surface area contributed by atoms with Gasteiger partial charge in [-0.1, -0.05) is 19.3 Å². The number of hydrogen-bond donors (Lipinski definition) is 2. The molecule has 2 fully saturated rings. The Hall–Kier alpha value is -0.360. The lowest BCUT2D eigenvalue weighted by Crippen LogP contribution is -2.44. The minimum absolute atomic E-state index is 0. The van der Waals surface area contributed by atoms with E-state index < -0.39 is 0 Å². The zero-order valence-electron chi connectivity index (χ0n) is 12.1. The molecule has 1 amide bonds. The van der Waals surface area contributed by atoms with Gasteiger partial charge in [0.05, 0.1) is 25.9 Å². The molecule has 0 aromatic rings. The van der Waals surface area contributed by atoms with Gasteiger partial charge in [0.1, 0.15) is 0 Å². The summed E-state index contributed by atoms with van der Waals surface area (Å²) in [7, 11) is 0. The van der Waals surface area contributed by atoms with Gasteiger partial charge in [0.2, 0.25) is 5.91 Å². The molecule has 2 rings (SSSR count). The molecule has 1 saturated carbocycles. The average Bonchev–Trinajstić information content (AvgIpc) is 2.46. The summed E-state index contributed by atoms with van der Waals surface area (Å²) in [5.74, 6) is 0.0789. The Bertz CT molecular complexity index is 267. The lowest BCUT2D eigenvalue weighted by atomic mass is 9.98. The van der Waals surface area contributed by atoms with E-state index in [1.165, 1.54) is 32.1 Å². The van der Waals surface area contributed by atoms with Crippen LogP contribution in [0.3, 0.4) is 0 Å². The summed E-state index contributed by atoms with van der Waals surface area (Å²) in [6, 6.07) is 0.160. The zero-order chi connectivity index (χ0) is 13.3. The van der Waals surface area contributed by atoms with Crippen molar-refractivity contribution in [2.75, 3.05) is 32.9 Å². The van der Waals surface area contributed by atoms with Crippen molar-refractivity contribution in [3.8, 4) is 0 Å². The van der Waals surface area contributed by atoms with Gasteiger partial charge in [0.15, 0.2) is 0 Å². The van der Waals surface area contributed by atoms with Gasteiger partial charge in [0.25, 0.3) is 0 Å². The third kappa shape index (κ3) is 6.88. The first-order chi connectivity index (χ1) is 9.34. The summed E-state index contributed by atoms with van der Waals surface area (Å²) in [4.78, 5) is 11.7. The number of nitrogens with one attached hydrogen (secondary N) is 2. The third-order valence-electron chi connectivity index (χ3n) is 3.76. The predicted octanol–water partition coefficient (Wildman–Crippen LogP) is 1.25. The van der Waals surface area contributed by atoms with E-state index in [0.29, 0.717) is 32.3 Å². The Labute approximate surface area is 127 Å². The van der Waals surface area contributed by atoms with Crippen LogP contribution < -0.4 is 10.6 Å². The van der Waals surface area contributed by atoms with Crippen molar-refractivity contribution in [1.29, 1.82) is 0 Å². The van der Waals surface area contributed by atoms with Crippen molar-refractivity contribution in [3.63, 3.8) is 0 Å². The van der Waals surface area contributed by atoms with Crippen LogP contribution in [0.4, 0.5) is 0 Å². The van der Waals surface area contributed by atoms with Gasteiger partial charge in [-0.2, -0.15) is 0 Å². The van der Waals surface area contributed by atoms with Crippen LogP contribution in [0.25, 0.3) is 0 Å². The van der Waals surface area contributed by atoms with Crippen molar-refractivity contribution >= 4 is 18.3 Å². The molecule has 1 atom stereocenters. The topological polar surface area (TPSA) is 59.6 Å². The van der Waals surface area contributed by atoms with Crippen molar-refractivity contribution < 1.29 is 14.3 Å². The maximum Gasteiger partial charge on any atom is 0.221 e. The highest BCUT2D eigenvalue weighted by atomic mass is 35.5. The number of amides is 1. The molecule has 6 heteroatoms. The Morgan fingerprint density at radius 3 is 2.80 bits per heavy atom. The fourth-order valence-corrected chi connectivity index (χ4v) is 2.69. The molecule has 118 valence electrons. The average molecular weight is 307 g/mol. The maximum absolute atomic E-state index is 11.7. The highest BCUT2D eigenvalue weighted by Crippen LogP contribution is 2.19. The van der Waals surface area contributed by atoms with Crippen molar-refractivity contribution in [2.45, 2.75) is 50.7 Å². The molecule has 5 nitrogen and oxygen atoms in total. The highest BCUT2D eigenvalue weighted by molar-refractivity contribution is 5.85. The molecular formula is C14H27ClN2O3. The van der Waals surface area contributed by atoms with Gasteiger partial charge in [-0.15, -0.1) is 12.4 Å². The fourth-order valence-electron chi connectivity index (χ4n) is 2.69. The van der Waals surface area contributed by atoms with E-state index in [4.69, 9.17) is 9.47 Å². The Kier molecular flexibility index (Phi) is 9.18. The van der Waals surface area contributed by atoms with Gasteiger partial charge >= 0.3 is 0 Å². The third-order valence-corrected chi connectivity index (χ3v) is 3.76. The second kappa shape index (κ2) is 10.4. The van der Waals surface area contributed by atoms with E-state index >= 15 is 0 Å². The molecule has 0 radical (unpaired) electrons. The molecule has 1 heterocycles. The Morgan fingerprint density at radius 2 is 2.10 bits per heavy atom. The van der Waals surface area contributed by atoms with Crippen LogP contribution in [0.15, 0.2) is 0 Å². The normalized spacial score (nSPS) is 23.9. The van der Waals surface area contributed by atoms with E-state index in [-0.39, 0.29) is 24.4 Å². The van der Waals surface area contributed by atoms with Gasteiger partial charge in [-0.25, -0.2) is 0 Å². The van der Waals surface area contributed by atoms with Gasteiger partial charge in [0, 0.05) is 25.6 Å². The molecule has 0 aromatic carbocycles. The van der Waals surface area contributed by atoms with Crippen molar-refractivity contribution in [1.82, 2.24) is 10.6 Å². The quantitative estimate of drug-likeness (QED) is 0.725. The van der Waals surface area contributed by atoms with Crippen LogP contribution in [0, 0.1) is 0 Å². The monoisotopic (exact) mass is 306 g/mol.